The molecule has 0 aliphatic carbocycles. The van der Waals surface area contributed by atoms with Crippen molar-refractivity contribution in [3.05, 3.63) is 0 Å². The van der Waals surface area contributed by atoms with Crippen molar-refractivity contribution < 1.29 is 9.53 Å². The monoisotopic (exact) mass is 296 g/mol. The minimum atomic E-state index is 0.286. The van der Waals surface area contributed by atoms with Crippen LogP contribution in [0.2, 0.25) is 0 Å². The smallest absolute Gasteiger partial charge is 0.222 e. The number of carbonyl (C=O) groups is 1. The maximum Gasteiger partial charge on any atom is 0.222 e. The van der Waals surface area contributed by atoms with Gasteiger partial charge in [-0.2, -0.15) is 0 Å². The summed E-state index contributed by atoms with van der Waals surface area (Å²) < 4.78 is 5.74. The van der Waals surface area contributed by atoms with E-state index >= 15 is 0 Å². The van der Waals surface area contributed by atoms with Crippen LogP contribution in [0.5, 0.6) is 0 Å². The number of nitrogens with zero attached hydrogens (tertiary/aromatic N) is 1. The summed E-state index contributed by atoms with van der Waals surface area (Å²) in [5.74, 6) is 0.298. The second-order valence-corrected chi connectivity index (χ2v) is 6.81. The molecule has 2 aliphatic rings. The van der Waals surface area contributed by atoms with Gasteiger partial charge in [0, 0.05) is 31.7 Å². The largest absolute Gasteiger partial charge is 0.378 e. The SMILES string of the molecule is CC(C)N(CC1CCCCN1)C(=O)CCC1CCCCO1. The van der Waals surface area contributed by atoms with Crippen molar-refractivity contribution >= 4 is 5.91 Å². The Morgan fingerprint density at radius 2 is 2.05 bits per heavy atom. The number of piperidine rings is 1. The molecule has 0 aromatic heterocycles. The van der Waals surface area contributed by atoms with Crippen molar-refractivity contribution in [1.82, 2.24) is 10.2 Å². The molecule has 2 saturated heterocycles. The fourth-order valence-corrected chi connectivity index (χ4v) is 3.38. The molecule has 21 heavy (non-hydrogen) atoms. The second kappa shape index (κ2) is 8.74. The zero-order chi connectivity index (χ0) is 15.1. The number of hydrogen-bond acceptors (Lipinski definition) is 3. The van der Waals surface area contributed by atoms with Crippen LogP contribution < -0.4 is 5.32 Å². The molecule has 2 rings (SSSR count). The Balaban J connectivity index is 1.77. The molecule has 1 amide bonds. The Kier molecular flexibility index (Phi) is 6.97. The van der Waals surface area contributed by atoms with Gasteiger partial charge in [0.2, 0.25) is 5.91 Å². The predicted molar refractivity (Wildman–Crippen MR) is 85.3 cm³/mol. The Morgan fingerprint density at radius 1 is 1.24 bits per heavy atom. The van der Waals surface area contributed by atoms with Gasteiger partial charge in [0.15, 0.2) is 0 Å². The van der Waals surface area contributed by atoms with Crippen LogP contribution in [0.25, 0.3) is 0 Å². The number of amides is 1. The molecule has 4 nitrogen and oxygen atoms in total. The molecule has 4 heteroatoms. The van der Waals surface area contributed by atoms with Gasteiger partial charge in [-0.15, -0.1) is 0 Å². The molecule has 0 saturated carbocycles. The van der Waals surface area contributed by atoms with Gasteiger partial charge in [0.25, 0.3) is 0 Å². The number of nitrogens with one attached hydrogen (secondary N) is 1. The second-order valence-electron chi connectivity index (χ2n) is 6.81. The highest BCUT2D eigenvalue weighted by atomic mass is 16.5. The van der Waals surface area contributed by atoms with Gasteiger partial charge >= 0.3 is 0 Å². The normalized spacial score (nSPS) is 26.8. The maximum atomic E-state index is 12.5. The average Bonchev–Trinajstić information content (AvgIpc) is 2.52. The van der Waals surface area contributed by atoms with E-state index < -0.39 is 0 Å². The summed E-state index contributed by atoms with van der Waals surface area (Å²) in [4.78, 5) is 14.6. The Labute approximate surface area is 129 Å². The van der Waals surface area contributed by atoms with Gasteiger partial charge in [-0.05, 0) is 58.9 Å². The van der Waals surface area contributed by atoms with E-state index in [9.17, 15) is 4.79 Å². The summed E-state index contributed by atoms with van der Waals surface area (Å²) in [6.45, 7) is 7.08. The van der Waals surface area contributed by atoms with Crippen molar-refractivity contribution in [3.63, 3.8) is 0 Å². The highest BCUT2D eigenvalue weighted by molar-refractivity contribution is 5.76. The van der Waals surface area contributed by atoms with Crippen LogP contribution in [-0.4, -0.2) is 48.7 Å². The van der Waals surface area contributed by atoms with E-state index in [1.807, 2.05) is 0 Å². The number of rotatable bonds is 6. The Bertz CT molecular complexity index is 308. The van der Waals surface area contributed by atoms with Crippen LogP contribution in [0.3, 0.4) is 0 Å². The number of carbonyl (C=O) groups excluding carboxylic acids is 1. The standard InChI is InChI=1S/C17H32N2O2/c1-14(2)19(13-15-7-3-5-11-18-15)17(20)10-9-16-8-4-6-12-21-16/h14-16,18H,3-13H2,1-2H3. The predicted octanol–water partition coefficient (Wildman–Crippen LogP) is 2.71. The fraction of sp³-hybridized carbons (Fsp3) is 0.941. The van der Waals surface area contributed by atoms with Crippen molar-refractivity contribution in [2.24, 2.45) is 0 Å². The molecule has 122 valence electrons. The van der Waals surface area contributed by atoms with Crippen LogP contribution in [0.4, 0.5) is 0 Å². The van der Waals surface area contributed by atoms with Crippen LogP contribution in [0.15, 0.2) is 0 Å². The van der Waals surface area contributed by atoms with Crippen molar-refractivity contribution in [3.8, 4) is 0 Å². The molecule has 1 N–H and O–H groups in total. The number of ether oxygens (including phenoxy) is 1. The number of hydrogen-bond donors (Lipinski definition) is 1. The summed E-state index contributed by atoms with van der Waals surface area (Å²) in [6.07, 6.45) is 9.13. The van der Waals surface area contributed by atoms with Gasteiger partial charge < -0.3 is 15.0 Å². The summed E-state index contributed by atoms with van der Waals surface area (Å²) in [5.41, 5.74) is 0. The van der Waals surface area contributed by atoms with E-state index in [0.717, 1.165) is 32.5 Å². The topological polar surface area (TPSA) is 41.6 Å². The minimum absolute atomic E-state index is 0.286. The van der Waals surface area contributed by atoms with E-state index in [2.05, 4.69) is 24.1 Å². The molecule has 2 unspecified atom stereocenters. The summed E-state index contributed by atoms with van der Waals surface area (Å²) in [6, 6.07) is 0.768. The third-order valence-electron chi connectivity index (χ3n) is 4.73. The third kappa shape index (κ3) is 5.59. The first-order valence-corrected chi connectivity index (χ1v) is 8.81. The molecule has 2 fully saturated rings. The van der Waals surface area contributed by atoms with Crippen LogP contribution in [0, 0.1) is 0 Å². The summed E-state index contributed by atoms with van der Waals surface area (Å²) >= 11 is 0. The highest BCUT2D eigenvalue weighted by Crippen LogP contribution is 2.18. The van der Waals surface area contributed by atoms with Gasteiger partial charge in [-0.1, -0.05) is 6.42 Å². The van der Waals surface area contributed by atoms with Gasteiger partial charge in [-0.3, -0.25) is 4.79 Å². The van der Waals surface area contributed by atoms with Crippen LogP contribution in [-0.2, 0) is 9.53 Å². The quantitative estimate of drug-likeness (QED) is 0.819. The molecule has 0 aromatic rings. The lowest BCUT2D eigenvalue weighted by Crippen LogP contribution is -2.48. The summed E-state index contributed by atoms with van der Waals surface area (Å²) in [7, 11) is 0. The lowest BCUT2D eigenvalue weighted by molar-refractivity contribution is -0.134. The molecule has 0 aromatic carbocycles. The van der Waals surface area contributed by atoms with E-state index in [-0.39, 0.29) is 6.04 Å². The van der Waals surface area contributed by atoms with Crippen molar-refractivity contribution in [2.75, 3.05) is 19.7 Å². The van der Waals surface area contributed by atoms with Crippen LogP contribution in [0.1, 0.15) is 65.2 Å². The van der Waals surface area contributed by atoms with E-state index in [4.69, 9.17) is 4.74 Å². The lowest BCUT2D eigenvalue weighted by atomic mass is 10.0. The van der Waals surface area contributed by atoms with Gasteiger partial charge in [0.1, 0.15) is 0 Å². The molecular formula is C17H32N2O2. The van der Waals surface area contributed by atoms with E-state index in [1.54, 1.807) is 0 Å². The highest BCUT2D eigenvalue weighted by Gasteiger charge is 2.24. The third-order valence-corrected chi connectivity index (χ3v) is 4.73. The van der Waals surface area contributed by atoms with E-state index in [0.29, 0.717) is 24.5 Å². The zero-order valence-corrected chi connectivity index (χ0v) is 13.8. The van der Waals surface area contributed by atoms with Crippen LogP contribution >= 0.6 is 0 Å². The first kappa shape index (κ1) is 16.8. The molecule has 2 heterocycles. The first-order chi connectivity index (χ1) is 10.2. The molecule has 0 bridgehead atoms. The molecule has 2 atom stereocenters. The Hall–Kier alpha value is -0.610. The maximum absolute atomic E-state index is 12.5. The molecule has 0 spiro atoms. The molecular weight excluding hydrogens is 264 g/mol. The lowest BCUT2D eigenvalue weighted by Gasteiger charge is -2.33. The summed E-state index contributed by atoms with van der Waals surface area (Å²) in [5, 5.41) is 3.55. The Morgan fingerprint density at radius 3 is 2.67 bits per heavy atom. The van der Waals surface area contributed by atoms with Gasteiger partial charge in [0.05, 0.1) is 6.10 Å². The fourth-order valence-electron chi connectivity index (χ4n) is 3.38. The van der Waals surface area contributed by atoms with Crippen molar-refractivity contribution in [2.45, 2.75) is 83.4 Å². The average molecular weight is 296 g/mol. The molecule has 0 radical (unpaired) electrons. The molecule has 2 aliphatic heterocycles. The zero-order valence-electron chi connectivity index (χ0n) is 13.8. The first-order valence-electron chi connectivity index (χ1n) is 8.81. The van der Waals surface area contributed by atoms with Crippen molar-refractivity contribution in [1.29, 1.82) is 0 Å². The van der Waals surface area contributed by atoms with Gasteiger partial charge in [-0.25, -0.2) is 0 Å². The minimum Gasteiger partial charge on any atom is -0.378 e. The van der Waals surface area contributed by atoms with E-state index in [1.165, 1.54) is 32.1 Å².